The standard InChI is InChI=1S/C19H19N3O3S/c1-13-16(10-20-21-13)22(11-15-3-2-8-26-15)19(23)7-5-14-4-6-17-18(9-14)25-12-24-17/h2-10,19,23H,11-12H2,1H3,(H,20,21)/b7-5+. The smallest absolute Gasteiger partial charge is 0.231 e. The Kier molecular flexibility index (Phi) is 4.64. The van der Waals surface area contributed by atoms with Crippen LogP contribution in [-0.4, -0.2) is 28.3 Å². The van der Waals surface area contributed by atoms with Gasteiger partial charge in [0.25, 0.3) is 0 Å². The lowest BCUT2D eigenvalue weighted by atomic mass is 10.2. The lowest BCUT2D eigenvalue weighted by Crippen LogP contribution is -2.33. The highest BCUT2D eigenvalue weighted by Gasteiger charge is 2.18. The molecule has 0 saturated carbocycles. The van der Waals surface area contributed by atoms with Gasteiger partial charge in [-0.1, -0.05) is 18.2 Å². The summed E-state index contributed by atoms with van der Waals surface area (Å²) in [5, 5.41) is 19.9. The summed E-state index contributed by atoms with van der Waals surface area (Å²) < 4.78 is 10.7. The first-order valence-electron chi connectivity index (χ1n) is 8.25. The zero-order chi connectivity index (χ0) is 17.9. The Morgan fingerprint density at radius 3 is 3.00 bits per heavy atom. The van der Waals surface area contributed by atoms with Crippen LogP contribution in [0, 0.1) is 6.92 Å². The average Bonchev–Trinajstić information content (AvgIpc) is 3.39. The molecule has 0 fully saturated rings. The molecule has 2 aromatic heterocycles. The molecule has 0 saturated heterocycles. The molecule has 0 amide bonds. The predicted octanol–water partition coefficient (Wildman–Crippen LogP) is 3.55. The number of nitrogens with zero attached hydrogens (tertiary/aromatic N) is 2. The minimum atomic E-state index is -0.793. The van der Waals surface area contributed by atoms with Crippen molar-refractivity contribution in [2.75, 3.05) is 11.7 Å². The third kappa shape index (κ3) is 3.44. The molecule has 2 N–H and O–H groups in total. The fourth-order valence-electron chi connectivity index (χ4n) is 2.84. The molecule has 1 aromatic carbocycles. The zero-order valence-electron chi connectivity index (χ0n) is 14.3. The fourth-order valence-corrected chi connectivity index (χ4v) is 3.55. The topological polar surface area (TPSA) is 70.6 Å². The maximum atomic E-state index is 10.8. The Morgan fingerprint density at radius 2 is 2.23 bits per heavy atom. The van der Waals surface area contributed by atoms with E-state index in [-0.39, 0.29) is 6.79 Å². The van der Waals surface area contributed by atoms with Crippen LogP contribution in [0.5, 0.6) is 11.5 Å². The van der Waals surface area contributed by atoms with Gasteiger partial charge in [0, 0.05) is 4.88 Å². The van der Waals surface area contributed by atoms with Crippen molar-refractivity contribution >= 4 is 23.1 Å². The number of ether oxygens (including phenoxy) is 2. The van der Waals surface area contributed by atoms with Crippen LogP contribution in [0.3, 0.4) is 0 Å². The number of aliphatic hydroxyl groups is 1. The first-order chi connectivity index (χ1) is 12.7. The lowest BCUT2D eigenvalue weighted by Gasteiger charge is -2.27. The fraction of sp³-hybridized carbons (Fsp3) is 0.211. The number of thiophene rings is 1. The second-order valence-corrected chi connectivity index (χ2v) is 7.01. The molecule has 1 atom stereocenters. The molecule has 3 heterocycles. The summed E-state index contributed by atoms with van der Waals surface area (Å²) in [5.41, 5.74) is 2.73. The average molecular weight is 369 g/mol. The molecule has 26 heavy (non-hydrogen) atoms. The Labute approximate surface area is 155 Å². The molecule has 134 valence electrons. The number of anilines is 1. The van der Waals surface area contributed by atoms with Crippen LogP contribution in [0.1, 0.15) is 16.1 Å². The number of fused-ring (bicyclic) bond motifs is 1. The second kappa shape index (κ2) is 7.23. The zero-order valence-corrected chi connectivity index (χ0v) is 15.1. The van der Waals surface area contributed by atoms with Gasteiger partial charge in [-0.05, 0) is 42.1 Å². The molecule has 0 aliphatic carbocycles. The van der Waals surface area contributed by atoms with Gasteiger partial charge in [-0.3, -0.25) is 5.10 Å². The predicted molar refractivity (Wildman–Crippen MR) is 101 cm³/mol. The van der Waals surface area contributed by atoms with Gasteiger partial charge in [0.15, 0.2) is 11.5 Å². The van der Waals surface area contributed by atoms with Crippen molar-refractivity contribution in [1.29, 1.82) is 0 Å². The first-order valence-corrected chi connectivity index (χ1v) is 9.13. The van der Waals surface area contributed by atoms with Gasteiger partial charge >= 0.3 is 0 Å². The normalized spacial score (nSPS) is 14.1. The number of nitrogens with one attached hydrogen (secondary N) is 1. The highest BCUT2D eigenvalue weighted by Crippen LogP contribution is 2.33. The molecule has 0 bridgehead atoms. The molecule has 1 aliphatic rings. The van der Waals surface area contributed by atoms with Crippen molar-refractivity contribution in [2.45, 2.75) is 19.7 Å². The number of hydrogen-bond donors (Lipinski definition) is 2. The number of rotatable bonds is 6. The quantitative estimate of drug-likeness (QED) is 0.650. The number of H-pyrrole nitrogens is 1. The number of benzene rings is 1. The van der Waals surface area contributed by atoms with E-state index in [1.165, 1.54) is 4.88 Å². The lowest BCUT2D eigenvalue weighted by molar-refractivity contribution is 0.174. The van der Waals surface area contributed by atoms with E-state index >= 15 is 0 Å². The second-order valence-electron chi connectivity index (χ2n) is 5.97. The van der Waals surface area contributed by atoms with Gasteiger partial charge in [-0.15, -0.1) is 11.3 Å². The van der Waals surface area contributed by atoms with Crippen LogP contribution < -0.4 is 14.4 Å². The summed E-state index contributed by atoms with van der Waals surface area (Å²) in [6, 6.07) is 9.77. The van der Waals surface area contributed by atoms with E-state index in [9.17, 15) is 5.11 Å². The molecule has 0 spiro atoms. The van der Waals surface area contributed by atoms with Crippen LogP contribution in [0.2, 0.25) is 0 Å². The summed E-state index contributed by atoms with van der Waals surface area (Å²) in [4.78, 5) is 3.08. The minimum Gasteiger partial charge on any atom is -0.454 e. The van der Waals surface area contributed by atoms with Crippen molar-refractivity contribution in [3.05, 3.63) is 64.1 Å². The summed E-state index contributed by atoms with van der Waals surface area (Å²) in [6.45, 7) is 2.79. The van der Waals surface area contributed by atoms with Crippen molar-refractivity contribution in [3.63, 3.8) is 0 Å². The van der Waals surface area contributed by atoms with E-state index in [4.69, 9.17) is 9.47 Å². The molecular weight excluding hydrogens is 350 g/mol. The highest BCUT2D eigenvalue weighted by molar-refractivity contribution is 7.09. The van der Waals surface area contributed by atoms with Gasteiger partial charge in [0.1, 0.15) is 6.23 Å². The first kappa shape index (κ1) is 16.7. The van der Waals surface area contributed by atoms with Crippen molar-refractivity contribution in [3.8, 4) is 11.5 Å². The number of aromatic amines is 1. The van der Waals surface area contributed by atoms with E-state index in [1.807, 2.05) is 47.5 Å². The minimum absolute atomic E-state index is 0.249. The number of aryl methyl sites for hydroxylation is 1. The Hall–Kier alpha value is -2.77. The number of aromatic nitrogens is 2. The maximum Gasteiger partial charge on any atom is 0.231 e. The van der Waals surface area contributed by atoms with E-state index < -0.39 is 6.23 Å². The Morgan fingerprint density at radius 1 is 1.35 bits per heavy atom. The Balaban J connectivity index is 1.56. The summed E-state index contributed by atoms with van der Waals surface area (Å²) >= 11 is 1.66. The molecule has 4 rings (SSSR count). The molecule has 1 aliphatic heterocycles. The molecule has 0 radical (unpaired) electrons. The maximum absolute atomic E-state index is 10.8. The molecule has 6 nitrogen and oxygen atoms in total. The molecular formula is C19H19N3O3S. The van der Waals surface area contributed by atoms with E-state index in [2.05, 4.69) is 16.3 Å². The van der Waals surface area contributed by atoms with Crippen LogP contribution in [0.15, 0.2) is 48.0 Å². The van der Waals surface area contributed by atoms with Crippen molar-refractivity contribution in [1.82, 2.24) is 10.2 Å². The summed E-state index contributed by atoms with van der Waals surface area (Å²) in [6.07, 6.45) is 4.58. The van der Waals surface area contributed by atoms with Gasteiger partial charge < -0.3 is 19.5 Å². The van der Waals surface area contributed by atoms with Gasteiger partial charge in [0.2, 0.25) is 6.79 Å². The molecule has 7 heteroatoms. The van der Waals surface area contributed by atoms with Crippen LogP contribution in [0.4, 0.5) is 5.69 Å². The van der Waals surface area contributed by atoms with Gasteiger partial charge in [-0.25, -0.2) is 0 Å². The molecule has 3 aromatic rings. The van der Waals surface area contributed by atoms with Crippen molar-refractivity contribution in [2.24, 2.45) is 0 Å². The summed E-state index contributed by atoms with van der Waals surface area (Å²) in [5.74, 6) is 1.47. The largest absolute Gasteiger partial charge is 0.454 e. The number of aliphatic hydroxyl groups excluding tert-OH is 1. The van der Waals surface area contributed by atoms with E-state index in [1.54, 1.807) is 23.6 Å². The van der Waals surface area contributed by atoms with Crippen LogP contribution in [-0.2, 0) is 6.54 Å². The van der Waals surface area contributed by atoms with E-state index in [0.29, 0.717) is 6.54 Å². The van der Waals surface area contributed by atoms with Crippen molar-refractivity contribution < 1.29 is 14.6 Å². The third-order valence-corrected chi connectivity index (χ3v) is 5.06. The van der Waals surface area contributed by atoms with Crippen LogP contribution >= 0.6 is 11.3 Å². The summed E-state index contributed by atoms with van der Waals surface area (Å²) in [7, 11) is 0. The number of hydrogen-bond acceptors (Lipinski definition) is 6. The monoisotopic (exact) mass is 369 g/mol. The van der Waals surface area contributed by atoms with Crippen LogP contribution in [0.25, 0.3) is 6.08 Å². The van der Waals surface area contributed by atoms with Gasteiger partial charge in [0.05, 0.1) is 24.1 Å². The highest BCUT2D eigenvalue weighted by atomic mass is 32.1. The third-order valence-electron chi connectivity index (χ3n) is 4.20. The molecule has 1 unspecified atom stereocenters. The Bertz CT molecular complexity index is 905. The van der Waals surface area contributed by atoms with E-state index in [0.717, 1.165) is 28.4 Å². The van der Waals surface area contributed by atoms with Gasteiger partial charge in [-0.2, -0.15) is 5.10 Å². The SMILES string of the molecule is Cc1[nH]ncc1N(Cc1cccs1)C(O)/C=C/c1ccc2c(c1)OCO2.